The Labute approximate surface area is 115 Å². The van der Waals surface area contributed by atoms with E-state index >= 15 is 0 Å². The number of nitrogens with zero attached hydrogens (tertiary/aromatic N) is 1. The van der Waals surface area contributed by atoms with E-state index in [0.29, 0.717) is 22.9 Å². The molecule has 0 atom stereocenters. The van der Waals surface area contributed by atoms with Gasteiger partial charge in [0.25, 0.3) is 0 Å². The molecule has 1 aliphatic heterocycles. The van der Waals surface area contributed by atoms with Crippen molar-refractivity contribution in [3.8, 4) is 0 Å². The molecule has 0 unspecified atom stereocenters. The van der Waals surface area contributed by atoms with Crippen LogP contribution in [0.2, 0.25) is 10.0 Å². The van der Waals surface area contributed by atoms with E-state index in [1.165, 1.54) is 0 Å². The lowest BCUT2D eigenvalue weighted by atomic mass is 9.96. The Morgan fingerprint density at radius 1 is 1.28 bits per heavy atom. The number of hydrogen-bond acceptors (Lipinski definition) is 4. The van der Waals surface area contributed by atoms with Gasteiger partial charge in [0.1, 0.15) is 0 Å². The van der Waals surface area contributed by atoms with Gasteiger partial charge in [-0.25, -0.2) is 0 Å². The Bertz CT molecular complexity index is 472. The summed E-state index contributed by atoms with van der Waals surface area (Å²) < 4.78 is 0. The minimum Gasteiger partial charge on any atom is -0.392 e. The van der Waals surface area contributed by atoms with Gasteiger partial charge in [0, 0.05) is 22.9 Å². The zero-order valence-electron chi connectivity index (χ0n) is 9.57. The van der Waals surface area contributed by atoms with Crippen LogP contribution in [0, 0.1) is 0 Å². The first-order chi connectivity index (χ1) is 8.58. The zero-order valence-corrected chi connectivity index (χ0v) is 11.1. The predicted octanol–water partition coefficient (Wildman–Crippen LogP) is 2.04. The van der Waals surface area contributed by atoms with Crippen LogP contribution in [0.3, 0.4) is 0 Å². The van der Waals surface area contributed by atoms with Crippen LogP contribution in [0.1, 0.15) is 12.0 Å². The van der Waals surface area contributed by atoms with Gasteiger partial charge in [-0.05, 0) is 17.7 Å². The monoisotopic (exact) mass is 289 g/mol. The van der Waals surface area contributed by atoms with Gasteiger partial charge in [-0.1, -0.05) is 34.4 Å². The van der Waals surface area contributed by atoms with Crippen molar-refractivity contribution >= 4 is 28.9 Å². The number of oxime groups is 1. The number of rotatable bonds is 4. The molecule has 0 saturated heterocycles. The van der Waals surface area contributed by atoms with Crippen molar-refractivity contribution in [3.63, 3.8) is 0 Å². The second-order valence-electron chi connectivity index (χ2n) is 4.34. The first-order valence-electron chi connectivity index (χ1n) is 5.48. The minimum absolute atomic E-state index is 0.273. The van der Waals surface area contributed by atoms with Crippen LogP contribution in [-0.4, -0.2) is 34.7 Å². The highest BCUT2D eigenvalue weighted by molar-refractivity contribution is 6.35. The maximum absolute atomic E-state index is 9.19. The summed E-state index contributed by atoms with van der Waals surface area (Å²) in [6.07, 6.45) is 0.900. The van der Waals surface area contributed by atoms with E-state index in [2.05, 4.69) is 5.16 Å². The lowest BCUT2D eigenvalue weighted by molar-refractivity contribution is -0.0878. The smallest absolute Gasteiger partial charge is 0.188 e. The van der Waals surface area contributed by atoms with Crippen LogP contribution in [0.4, 0.5) is 0 Å². The van der Waals surface area contributed by atoms with Crippen LogP contribution in [0.15, 0.2) is 23.4 Å². The van der Waals surface area contributed by atoms with Gasteiger partial charge in [-0.15, -0.1) is 0 Å². The summed E-state index contributed by atoms with van der Waals surface area (Å²) in [5, 5.41) is 23.4. The van der Waals surface area contributed by atoms with Crippen molar-refractivity contribution in [3.05, 3.63) is 33.8 Å². The number of hydrogen-bond donors (Lipinski definition) is 2. The largest absolute Gasteiger partial charge is 0.392 e. The molecule has 0 aliphatic carbocycles. The lowest BCUT2D eigenvalue weighted by Crippen LogP contribution is -2.37. The molecule has 18 heavy (non-hydrogen) atoms. The second kappa shape index (κ2) is 5.45. The molecule has 6 heteroatoms. The van der Waals surface area contributed by atoms with Crippen molar-refractivity contribution < 1.29 is 15.1 Å². The van der Waals surface area contributed by atoms with Crippen LogP contribution >= 0.6 is 23.2 Å². The third kappa shape index (κ3) is 2.78. The molecule has 1 aromatic carbocycles. The molecule has 4 nitrogen and oxygen atoms in total. The van der Waals surface area contributed by atoms with Crippen LogP contribution in [0.5, 0.6) is 0 Å². The molecule has 0 aromatic heterocycles. The van der Waals surface area contributed by atoms with E-state index in [4.69, 9.17) is 28.0 Å². The maximum Gasteiger partial charge on any atom is 0.188 e. The molecule has 1 heterocycles. The Morgan fingerprint density at radius 2 is 2.00 bits per heavy atom. The van der Waals surface area contributed by atoms with Crippen molar-refractivity contribution in [2.45, 2.75) is 18.4 Å². The average molecular weight is 290 g/mol. The summed E-state index contributed by atoms with van der Waals surface area (Å²) in [5.41, 5.74) is 0.631. The number of aliphatic hydroxyl groups excluding tert-OH is 2. The highest BCUT2D eigenvalue weighted by atomic mass is 35.5. The fraction of sp³-hybridized carbons (Fsp3) is 0.417. The molecule has 0 amide bonds. The summed E-state index contributed by atoms with van der Waals surface area (Å²) >= 11 is 11.9. The zero-order chi connectivity index (χ0) is 13.2. The van der Waals surface area contributed by atoms with E-state index in [1.54, 1.807) is 12.1 Å². The van der Waals surface area contributed by atoms with Crippen LogP contribution < -0.4 is 0 Å². The fourth-order valence-corrected chi connectivity index (χ4v) is 2.27. The quantitative estimate of drug-likeness (QED) is 0.892. The standard InChI is InChI=1S/C12H13Cl2NO3/c13-9-2-1-8(11(14)4-9)3-10-5-12(6-16,7-17)18-15-10/h1-2,4,16-17H,3,5-7H2. The van der Waals surface area contributed by atoms with E-state index < -0.39 is 5.60 Å². The van der Waals surface area contributed by atoms with Gasteiger partial charge in [-0.3, -0.25) is 0 Å². The molecule has 0 spiro atoms. The Hall–Kier alpha value is -0.810. The van der Waals surface area contributed by atoms with Crippen LogP contribution in [0.25, 0.3) is 0 Å². The topological polar surface area (TPSA) is 62.0 Å². The maximum atomic E-state index is 9.19. The van der Waals surface area contributed by atoms with Crippen molar-refractivity contribution in [1.29, 1.82) is 0 Å². The van der Waals surface area contributed by atoms with E-state index in [-0.39, 0.29) is 13.2 Å². The first-order valence-corrected chi connectivity index (χ1v) is 6.24. The third-order valence-corrected chi connectivity index (χ3v) is 3.47. The summed E-state index contributed by atoms with van der Waals surface area (Å²) in [7, 11) is 0. The molecule has 0 saturated carbocycles. The Kier molecular flexibility index (Phi) is 4.12. The fourth-order valence-electron chi connectivity index (χ4n) is 1.80. The number of benzene rings is 1. The summed E-state index contributed by atoms with van der Waals surface area (Å²) in [6, 6.07) is 5.25. The van der Waals surface area contributed by atoms with Gasteiger partial charge in [0.2, 0.25) is 0 Å². The summed E-state index contributed by atoms with van der Waals surface area (Å²) in [4.78, 5) is 5.11. The van der Waals surface area contributed by atoms with Crippen molar-refractivity contribution in [1.82, 2.24) is 0 Å². The van der Waals surface area contributed by atoms with Gasteiger partial charge < -0.3 is 15.1 Å². The summed E-state index contributed by atoms with van der Waals surface area (Å²) in [5.74, 6) is 0. The van der Waals surface area contributed by atoms with Gasteiger partial charge >= 0.3 is 0 Å². The third-order valence-electron chi connectivity index (χ3n) is 2.88. The van der Waals surface area contributed by atoms with E-state index in [9.17, 15) is 10.2 Å². The molecule has 0 fully saturated rings. The van der Waals surface area contributed by atoms with Crippen molar-refractivity contribution in [2.75, 3.05) is 13.2 Å². The lowest BCUT2D eigenvalue weighted by Gasteiger charge is -2.20. The molecule has 1 aliphatic rings. The SMILES string of the molecule is OCC1(CO)CC(Cc2ccc(Cl)cc2Cl)=NO1. The number of halogens is 2. The Balaban J connectivity index is 2.08. The molecular weight excluding hydrogens is 277 g/mol. The molecule has 2 N–H and O–H groups in total. The highest BCUT2D eigenvalue weighted by Crippen LogP contribution is 2.27. The molecule has 0 radical (unpaired) electrons. The highest BCUT2D eigenvalue weighted by Gasteiger charge is 2.38. The molecular formula is C12H13Cl2NO3. The van der Waals surface area contributed by atoms with Gasteiger partial charge in [0.15, 0.2) is 5.60 Å². The van der Waals surface area contributed by atoms with E-state index in [1.807, 2.05) is 6.07 Å². The first kappa shape index (κ1) is 13.6. The number of aliphatic hydroxyl groups is 2. The predicted molar refractivity (Wildman–Crippen MR) is 70.2 cm³/mol. The van der Waals surface area contributed by atoms with Gasteiger partial charge in [0.05, 0.1) is 18.9 Å². The van der Waals surface area contributed by atoms with E-state index in [0.717, 1.165) is 11.3 Å². The van der Waals surface area contributed by atoms with Crippen LogP contribution in [-0.2, 0) is 11.3 Å². The van der Waals surface area contributed by atoms with Gasteiger partial charge in [-0.2, -0.15) is 0 Å². The molecule has 2 rings (SSSR count). The molecule has 0 bridgehead atoms. The normalized spacial score (nSPS) is 17.4. The van der Waals surface area contributed by atoms with Crippen molar-refractivity contribution in [2.24, 2.45) is 5.16 Å². The average Bonchev–Trinajstić information content (AvgIpc) is 2.77. The molecule has 1 aromatic rings. The minimum atomic E-state index is -0.992. The molecule has 98 valence electrons. The Morgan fingerprint density at radius 3 is 2.56 bits per heavy atom. The second-order valence-corrected chi connectivity index (χ2v) is 5.18. The summed E-state index contributed by atoms with van der Waals surface area (Å²) in [6.45, 7) is -0.546.